The number of hydrogen-bond acceptors (Lipinski definition) is 3. The van der Waals surface area contributed by atoms with Gasteiger partial charge in [0.15, 0.2) is 11.6 Å². The molecule has 0 radical (unpaired) electrons. The summed E-state index contributed by atoms with van der Waals surface area (Å²) in [5, 5.41) is 11.9. The first-order chi connectivity index (χ1) is 9.02. The molecule has 0 spiro atoms. The Balaban J connectivity index is 2.31. The van der Waals surface area contributed by atoms with Crippen LogP contribution in [0.5, 0.6) is 0 Å². The third-order valence-corrected chi connectivity index (χ3v) is 2.97. The molecule has 19 heavy (non-hydrogen) atoms. The zero-order valence-electron chi connectivity index (χ0n) is 9.90. The summed E-state index contributed by atoms with van der Waals surface area (Å²) in [5.74, 6) is -4.38. The molecule has 1 aromatic carbocycles. The number of carboxylic acid groups (broad SMARTS) is 1. The van der Waals surface area contributed by atoms with Crippen LogP contribution in [0, 0.1) is 11.6 Å². The quantitative estimate of drug-likeness (QED) is 0.819. The summed E-state index contributed by atoms with van der Waals surface area (Å²) in [6, 6.07) is 2.17. The number of aliphatic carboxylic acids is 1. The number of carbonyl (C=O) groups excluding carboxylic acids is 1. The SMILES string of the molecule is O=C(O)C1CNCCN1C(=O)c1cccc(F)c1F. The van der Waals surface area contributed by atoms with Crippen molar-refractivity contribution in [3.63, 3.8) is 0 Å². The van der Waals surface area contributed by atoms with Gasteiger partial charge in [-0.3, -0.25) is 4.79 Å². The number of halogens is 2. The van der Waals surface area contributed by atoms with Gasteiger partial charge in [-0.15, -0.1) is 0 Å². The minimum Gasteiger partial charge on any atom is -0.480 e. The van der Waals surface area contributed by atoms with Crippen LogP contribution < -0.4 is 5.32 Å². The maximum Gasteiger partial charge on any atom is 0.327 e. The molecule has 2 N–H and O–H groups in total. The van der Waals surface area contributed by atoms with Crippen molar-refractivity contribution in [2.45, 2.75) is 6.04 Å². The monoisotopic (exact) mass is 270 g/mol. The average molecular weight is 270 g/mol. The van der Waals surface area contributed by atoms with Gasteiger partial charge in [-0.2, -0.15) is 0 Å². The van der Waals surface area contributed by atoms with Crippen molar-refractivity contribution < 1.29 is 23.5 Å². The third-order valence-electron chi connectivity index (χ3n) is 2.97. The molecule has 1 heterocycles. The van der Waals surface area contributed by atoms with E-state index in [-0.39, 0.29) is 13.1 Å². The van der Waals surface area contributed by atoms with Crippen LogP contribution in [0.25, 0.3) is 0 Å². The van der Waals surface area contributed by atoms with E-state index in [1.54, 1.807) is 0 Å². The fraction of sp³-hybridized carbons (Fsp3) is 0.333. The fourth-order valence-electron chi connectivity index (χ4n) is 1.99. The standard InChI is InChI=1S/C12H12F2N2O3/c13-8-3-1-2-7(10(8)14)11(17)16-5-4-15-6-9(16)12(18)19/h1-3,9,15H,4-6H2,(H,18,19). The summed E-state index contributed by atoms with van der Waals surface area (Å²) in [6.07, 6.45) is 0. The molecule has 1 saturated heterocycles. The maximum absolute atomic E-state index is 13.5. The van der Waals surface area contributed by atoms with E-state index in [4.69, 9.17) is 5.11 Å². The summed E-state index contributed by atoms with van der Waals surface area (Å²) >= 11 is 0. The van der Waals surface area contributed by atoms with E-state index in [1.165, 1.54) is 6.07 Å². The number of hydrogen-bond donors (Lipinski definition) is 2. The predicted molar refractivity (Wildman–Crippen MR) is 61.7 cm³/mol. The number of nitrogens with one attached hydrogen (secondary N) is 1. The lowest BCUT2D eigenvalue weighted by molar-refractivity contribution is -0.142. The van der Waals surface area contributed by atoms with Crippen LogP contribution in [0.4, 0.5) is 8.78 Å². The molecule has 7 heteroatoms. The van der Waals surface area contributed by atoms with E-state index >= 15 is 0 Å². The molecule has 1 fully saturated rings. The Morgan fingerprint density at radius 2 is 2.11 bits per heavy atom. The highest BCUT2D eigenvalue weighted by atomic mass is 19.2. The average Bonchev–Trinajstić information content (AvgIpc) is 2.41. The Morgan fingerprint density at radius 3 is 2.79 bits per heavy atom. The maximum atomic E-state index is 13.5. The van der Waals surface area contributed by atoms with Gasteiger partial charge in [0.1, 0.15) is 6.04 Å². The molecule has 1 aliphatic heterocycles. The van der Waals surface area contributed by atoms with Crippen molar-refractivity contribution in [2.24, 2.45) is 0 Å². The molecule has 0 aromatic heterocycles. The molecular formula is C12H12F2N2O3. The first kappa shape index (κ1) is 13.4. The van der Waals surface area contributed by atoms with Crippen molar-refractivity contribution in [3.8, 4) is 0 Å². The van der Waals surface area contributed by atoms with Crippen LogP contribution in [0.3, 0.4) is 0 Å². The minimum absolute atomic E-state index is 0.0814. The highest BCUT2D eigenvalue weighted by Gasteiger charge is 2.33. The first-order valence-corrected chi connectivity index (χ1v) is 5.71. The van der Waals surface area contributed by atoms with E-state index in [0.29, 0.717) is 6.54 Å². The molecule has 1 amide bonds. The van der Waals surface area contributed by atoms with Crippen LogP contribution in [-0.2, 0) is 4.79 Å². The highest BCUT2D eigenvalue weighted by molar-refractivity contribution is 5.97. The summed E-state index contributed by atoms with van der Waals surface area (Å²) < 4.78 is 26.6. The smallest absolute Gasteiger partial charge is 0.327 e. The van der Waals surface area contributed by atoms with Crippen LogP contribution in [-0.4, -0.2) is 47.6 Å². The van der Waals surface area contributed by atoms with Gasteiger partial charge in [-0.05, 0) is 12.1 Å². The molecule has 102 valence electrons. The lowest BCUT2D eigenvalue weighted by Gasteiger charge is -2.33. The second kappa shape index (κ2) is 5.31. The molecule has 1 aromatic rings. The van der Waals surface area contributed by atoms with Crippen molar-refractivity contribution in [2.75, 3.05) is 19.6 Å². The van der Waals surface area contributed by atoms with E-state index in [1.807, 2.05) is 0 Å². The van der Waals surface area contributed by atoms with Gasteiger partial charge >= 0.3 is 5.97 Å². The van der Waals surface area contributed by atoms with Gasteiger partial charge in [-0.25, -0.2) is 13.6 Å². The molecule has 1 atom stereocenters. The topological polar surface area (TPSA) is 69.6 Å². The number of amides is 1. The lowest BCUT2D eigenvalue weighted by Crippen LogP contribution is -2.57. The van der Waals surface area contributed by atoms with Gasteiger partial charge in [0.25, 0.3) is 5.91 Å². The van der Waals surface area contributed by atoms with E-state index < -0.39 is 35.1 Å². The normalized spacial score (nSPS) is 19.3. The molecule has 0 aliphatic carbocycles. The molecule has 0 bridgehead atoms. The molecule has 1 unspecified atom stereocenters. The van der Waals surface area contributed by atoms with Crippen LogP contribution in [0.2, 0.25) is 0 Å². The third kappa shape index (κ3) is 2.55. The zero-order chi connectivity index (χ0) is 14.0. The minimum atomic E-state index is -1.25. The van der Waals surface area contributed by atoms with E-state index in [9.17, 15) is 18.4 Å². The van der Waals surface area contributed by atoms with Gasteiger partial charge in [0.05, 0.1) is 5.56 Å². The molecule has 1 aliphatic rings. The molecule has 5 nitrogen and oxygen atoms in total. The summed E-state index contributed by atoms with van der Waals surface area (Å²) in [4.78, 5) is 24.2. The van der Waals surface area contributed by atoms with E-state index in [0.717, 1.165) is 17.0 Å². The number of rotatable bonds is 2. The first-order valence-electron chi connectivity index (χ1n) is 5.71. The van der Waals surface area contributed by atoms with Crippen LogP contribution in [0.1, 0.15) is 10.4 Å². The summed E-state index contributed by atoms with van der Waals surface area (Å²) in [7, 11) is 0. The van der Waals surface area contributed by atoms with Crippen molar-refractivity contribution in [3.05, 3.63) is 35.4 Å². The van der Waals surface area contributed by atoms with Crippen molar-refractivity contribution >= 4 is 11.9 Å². The van der Waals surface area contributed by atoms with Gasteiger partial charge < -0.3 is 15.3 Å². The van der Waals surface area contributed by atoms with E-state index in [2.05, 4.69) is 5.32 Å². The Labute approximate surface area is 107 Å². The number of nitrogens with zero attached hydrogens (tertiary/aromatic N) is 1. The van der Waals surface area contributed by atoms with Crippen LogP contribution in [0.15, 0.2) is 18.2 Å². The Kier molecular flexibility index (Phi) is 3.75. The number of benzene rings is 1. The van der Waals surface area contributed by atoms with Gasteiger partial charge in [0, 0.05) is 19.6 Å². The lowest BCUT2D eigenvalue weighted by atomic mass is 10.1. The summed E-state index contributed by atoms with van der Waals surface area (Å²) in [5.41, 5.74) is -0.451. The Morgan fingerprint density at radius 1 is 1.37 bits per heavy atom. The second-order valence-corrected chi connectivity index (χ2v) is 4.16. The molecular weight excluding hydrogens is 258 g/mol. The largest absolute Gasteiger partial charge is 0.480 e. The number of carboxylic acids is 1. The molecule has 0 saturated carbocycles. The van der Waals surface area contributed by atoms with Crippen molar-refractivity contribution in [1.82, 2.24) is 10.2 Å². The van der Waals surface area contributed by atoms with Gasteiger partial charge in [-0.1, -0.05) is 6.07 Å². The number of carbonyl (C=O) groups is 2. The zero-order valence-corrected chi connectivity index (χ0v) is 9.90. The summed E-state index contributed by atoms with van der Waals surface area (Å²) in [6.45, 7) is 0.621. The fourth-order valence-corrected chi connectivity index (χ4v) is 1.99. The van der Waals surface area contributed by atoms with Crippen LogP contribution >= 0.6 is 0 Å². The second-order valence-electron chi connectivity index (χ2n) is 4.16. The van der Waals surface area contributed by atoms with Crippen molar-refractivity contribution in [1.29, 1.82) is 0 Å². The van der Waals surface area contributed by atoms with Gasteiger partial charge in [0.2, 0.25) is 0 Å². The highest BCUT2D eigenvalue weighted by Crippen LogP contribution is 2.16. The Hall–Kier alpha value is -2.02. The molecule has 2 rings (SSSR count). The number of piperazine rings is 1. The Bertz CT molecular complexity index is 522. The predicted octanol–water partition coefficient (Wildman–Crippen LogP) is 0.463.